The van der Waals surface area contributed by atoms with Gasteiger partial charge in [-0.05, 0) is 25.5 Å². The van der Waals surface area contributed by atoms with Crippen LogP contribution in [-0.2, 0) is 19.4 Å². The maximum Gasteiger partial charge on any atom is 0.338 e. The Morgan fingerprint density at radius 1 is 1.26 bits per heavy atom. The number of carbonyl (C=O) groups is 2. The lowest BCUT2D eigenvalue weighted by molar-refractivity contribution is -0.125. The molecular formula is C14H15F2NO5S. The lowest BCUT2D eigenvalue weighted by atomic mass is 10.0. The average molecular weight is 347 g/mol. The maximum absolute atomic E-state index is 13.0. The first kappa shape index (κ1) is 17.3. The minimum Gasteiger partial charge on any atom is -0.452 e. The smallest absolute Gasteiger partial charge is 0.338 e. The summed E-state index contributed by atoms with van der Waals surface area (Å²) in [6.45, 7) is 0.909. The zero-order valence-electron chi connectivity index (χ0n) is 12.3. The Hall–Kier alpha value is -2.03. The summed E-state index contributed by atoms with van der Waals surface area (Å²) in [6.07, 6.45) is 0.268. The topological polar surface area (TPSA) is 89.5 Å². The molecule has 0 saturated carbocycles. The van der Waals surface area contributed by atoms with E-state index in [1.165, 1.54) is 0 Å². The van der Waals surface area contributed by atoms with E-state index in [2.05, 4.69) is 10.1 Å². The van der Waals surface area contributed by atoms with Gasteiger partial charge in [0.1, 0.15) is 11.6 Å². The summed E-state index contributed by atoms with van der Waals surface area (Å²) in [7, 11) is -3.19. The Kier molecular flexibility index (Phi) is 4.69. The summed E-state index contributed by atoms with van der Waals surface area (Å²) in [5.41, 5.74) is -1.27. The molecular weight excluding hydrogens is 332 g/mol. The van der Waals surface area contributed by atoms with Gasteiger partial charge in [-0.2, -0.15) is 0 Å². The fraction of sp³-hybridized carbons (Fsp3) is 0.429. The number of ether oxygens (including phenoxy) is 1. The summed E-state index contributed by atoms with van der Waals surface area (Å²) in [5.74, 6) is -3.83. The van der Waals surface area contributed by atoms with E-state index in [1.807, 2.05) is 0 Å². The first-order chi connectivity index (χ1) is 10.6. The van der Waals surface area contributed by atoms with E-state index in [0.717, 1.165) is 12.1 Å². The van der Waals surface area contributed by atoms with Crippen molar-refractivity contribution < 1.29 is 31.5 Å². The molecule has 1 atom stereocenters. The third-order valence-electron chi connectivity index (χ3n) is 3.38. The van der Waals surface area contributed by atoms with Gasteiger partial charge in [0.05, 0.1) is 22.6 Å². The standard InChI is InChI=1S/C14H15F2NO5S/c1-14(2-3-23(20,21)8-14)17-12(18)7-22-13(19)9-4-10(15)6-11(16)5-9/h4-6H,2-3,7-8H2,1H3,(H,17,18)/t14-/m1/s1. The van der Waals surface area contributed by atoms with Crippen molar-refractivity contribution in [1.29, 1.82) is 0 Å². The predicted octanol–water partition coefficient (Wildman–Crippen LogP) is 0.815. The predicted molar refractivity (Wildman–Crippen MR) is 76.5 cm³/mol. The number of halogens is 2. The fourth-order valence-electron chi connectivity index (χ4n) is 2.37. The van der Waals surface area contributed by atoms with Crippen molar-refractivity contribution in [3.05, 3.63) is 35.4 Å². The minimum atomic E-state index is -3.19. The number of rotatable bonds is 4. The molecule has 0 unspecified atom stereocenters. The number of nitrogens with one attached hydrogen (secondary N) is 1. The number of hydrogen-bond donors (Lipinski definition) is 1. The first-order valence-corrected chi connectivity index (χ1v) is 8.55. The minimum absolute atomic E-state index is 0.0217. The fourth-order valence-corrected chi connectivity index (χ4v) is 4.46. The highest BCUT2D eigenvalue weighted by Gasteiger charge is 2.39. The molecule has 126 valence electrons. The SMILES string of the molecule is C[C@@]1(NC(=O)COC(=O)c2cc(F)cc(F)c2)CCS(=O)(=O)C1. The van der Waals surface area contributed by atoms with E-state index < -0.39 is 45.5 Å². The van der Waals surface area contributed by atoms with Crippen LogP contribution in [0.1, 0.15) is 23.7 Å². The summed E-state index contributed by atoms with van der Waals surface area (Å²) in [4.78, 5) is 23.4. The van der Waals surface area contributed by atoms with E-state index >= 15 is 0 Å². The molecule has 9 heteroatoms. The molecule has 1 aliphatic heterocycles. The number of hydrogen-bond acceptors (Lipinski definition) is 5. The van der Waals surface area contributed by atoms with Crippen molar-refractivity contribution in [1.82, 2.24) is 5.32 Å². The van der Waals surface area contributed by atoms with Gasteiger partial charge < -0.3 is 10.1 Å². The Balaban J connectivity index is 1.90. The van der Waals surface area contributed by atoms with Crippen molar-refractivity contribution in [2.24, 2.45) is 0 Å². The van der Waals surface area contributed by atoms with E-state index in [9.17, 15) is 26.8 Å². The van der Waals surface area contributed by atoms with Crippen molar-refractivity contribution in [2.75, 3.05) is 18.1 Å². The summed E-state index contributed by atoms with van der Waals surface area (Å²) in [5, 5.41) is 2.50. The molecule has 0 spiro atoms. The number of amides is 1. The maximum atomic E-state index is 13.0. The molecule has 0 bridgehead atoms. The summed E-state index contributed by atoms with van der Waals surface area (Å²) >= 11 is 0. The van der Waals surface area contributed by atoms with Crippen LogP contribution in [-0.4, -0.2) is 43.9 Å². The second-order valence-electron chi connectivity index (χ2n) is 5.69. The summed E-state index contributed by atoms with van der Waals surface area (Å²) < 4.78 is 53.5. The average Bonchev–Trinajstić information content (AvgIpc) is 2.68. The van der Waals surface area contributed by atoms with Crippen molar-refractivity contribution >= 4 is 21.7 Å². The van der Waals surface area contributed by atoms with E-state index in [1.54, 1.807) is 6.92 Å². The van der Waals surface area contributed by atoms with Crippen LogP contribution in [0.3, 0.4) is 0 Å². The highest BCUT2D eigenvalue weighted by Crippen LogP contribution is 2.22. The van der Waals surface area contributed by atoms with Crippen LogP contribution < -0.4 is 5.32 Å². The number of carbonyl (C=O) groups excluding carboxylic acids is 2. The largest absolute Gasteiger partial charge is 0.452 e. The molecule has 0 aromatic heterocycles. The third-order valence-corrected chi connectivity index (χ3v) is 5.28. The van der Waals surface area contributed by atoms with Crippen LogP contribution in [0.4, 0.5) is 8.78 Å². The van der Waals surface area contributed by atoms with Gasteiger partial charge in [0.15, 0.2) is 16.4 Å². The van der Waals surface area contributed by atoms with Gasteiger partial charge in [-0.25, -0.2) is 22.0 Å². The molecule has 1 saturated heterocycles. The Morgan fingerprint density at radius 2 is 1.87 bits per heavy atom. The zero-order valence-corrected chi connectivity index (χ0v) is 13.1. The molecule has 23 heavy (non-hydrogen) atoms. The molecule has 1 N–H and O–H groups in total. The molecule has 0 aliphatic carbocycles. The van der Waals surface area contributed by atoms with Gasteiger partial charge in [0.2, 0.25) is 0 Å². The highest BCUT2D eigenvalue weighted by atomic mass is 32.2. The normalized spacial score (nSPS) is 22.6. The molecule has 6 nitrogen and oxygen atoms in total. The lowest BCUT2D eigenvalue weighted by Gasteiger charge is -2.23. The third kappa shape index (κ3) is 4.72. The van der Waals surface area contributed by atoms with Crippen LogP contribution in [0.2, 0.25) is 0 Å². The van der Waals surface area contributed by atoms with Crippen LogP contribution in [0.5, 0.6) is 0 Å². The molecule has 1 amide bonds. The van der Waals surface area contributed by atoms with Gasteiger partial charge in [-0.1, -0.05) is 0 Å². The molecule has 1 fully saturated rings. The second-order valence-corrected chi connectivity index (χ2v) is 7.87. The lowest BCUT2D eigenvalue weighted by Crippen LogP contribution is -2.48. The van der Waals surface area contributed by atoms with Gasteiger partial charge in [0, 0.05) is 6.07 Å². The number of benzene rings is 1. The van der Waals surface area contributed by atoms with Gasteiger partial charge in [-0.15, -0.1) is 0 Å². The van der Waals surface area contributed by atoms with Crippen LogP contribution in [0, 0.1) is 11.6 Å². The Bertz CT molecular complexity index is 729. The van der Waals surface area contributed by atoms with Crippen LogP contribution in [0.25, 0.3) is 0 Å². The quantitative estimate of drug-likeness (QED) is 0.815. The zero-order chi connectivity index (χ0) is 17.3. The molecule has 1 aromatic carbocycles. The molecule has 1 aliphatic rings. The van der Waals surface area contributed by atoms with Crippen molar-refractivity contribution in [3.63, 3.8) is 0 Å². The van der Waals surface area contributed by atoms with Gasteiger partial charge >= 0.3 is 5.97 Å². The van der Waals surface area contributed by atoms with Crippen molar-refractivity contribution in [3.8, 4) is 0 Å². The molecule has 1 aromatic rings. The Morgan fingerprint density at radius 3 is 2.39 bits per heavy atom. The number of sulfone groups is 1. The molecule has 1 heterocycles. The van der Waals surface area contributed by atoms with E-state index in [-0.39, 0.29) is 23.5 Å². The monoisotopic (exact) mass is 347 g/mol. The van der Waals surface area contributed by atoms with Crippen molar-refractivity contribution in [2.45, 2.75) is 18.9 Å². The van der Waals surface area contributed by atoms with Gasteiger partial charge in [0.25, 0.3) is 5.91 Å². The number of esters is 1. The second kappa shape index (κ2) is 6.23. The van der Waals surface area contributed by atoms with Crippen LogP contribution >= 0.6 is 0 Å². The highest BCUT2D eigenvalue weighted by molar-refractivity contribution is 7.91. The van der Waals surface area contributed by atoms with Gasteiger partial charge in [-0.3, -0.25) is 4.79 Å². The molecule has 2 rings (SSSR count). The van der Waals surface area contributed by atoms with E-state index in [4.69, 9.17) is 0 Å². The van der Waals surface area contributed by atoms with Crippen LogP contribution in [0.15, 0.2) is 18.2 Å². The Labute approximate surface area is 131 Å². The molecule has 0 radical (unpaired) electrons. The van der Waals surface area contributed by atoms with E-state index in [0.29, 0.717) is 6.07 Å². The first-order valence-electron chi connectivity index (χ1n) is 6.73. The summed E-state index contributed by atoms with van der Waals surface area (Å²) in [6, 6.07) is 2.17.